The highest BCUT2D eigenvalue weighted by Gasteiger charge is 2.32. The average molecular weight is 444 g/mol. The normalized spacial score (nSPS) is 16.4. The van der Waals surface area contributed by atoms with Crippen LogP contribution in [0.4, 0.5) is 0 Å². The number of nitrogens with one attached hydrogen (secondary N) is 1. The molecule has 0 radical (unpaired) electrons. The second-order valence-corrected chi connectivity index (χ2v) is 9.31. The van der Waals surface area contributed by atoms with Crippen LogP contribution in [0.1, 0.15) is 37.3 Å². The van der Waals surface area contributed by atoms with Gasteiger partial charge in [-0.1, -0.05) is 49.6 Å². The zero-order valence-corrected chi connectivity index (χ0v) is 19.0. The molecule has 2 aromatic carbocycles. The van der Waals surface area contributed by atoms with Crippen molar-refractivity contribution in [3.05, 3.63) is 59.7 Å². The van der Waals surface area contributed by atoms with Crippen LogP contribution in [0.15, 0.2) is 58.4 Å². The molecule has 166 valence electrons. The number of rotatable bonds is 9. The first-order chi connectivity index (χ1) is 14.8. The van der Waals surface area contributed by atoms with Crippen molar-refractivity contribution in [3.8, 4) is 5.75 Å². The topological polar surface area (TPSA) is 88.1 Å². The molecule has 1 atom stereocenters. The van der Waals surface area contributed by atoms with Crippen LogP contribution in [0.25, 0.3) is 0 Å². The number of nitrogens with zero attached hydrogens (tertiary/aromatic N) is 2. The van der Waals surface area contributed by atoms with Gasteiger partial charge in [0.25, 0.3) is 10.0 Å². The maximum atomic E-state index is 13.1. The Kier molecular flexibility index (Phi) is 7.33. The van der Waals surface area contributed by atoms with Crippen molar-refractivity contribution in [1.82, 2.24) is 9.62 Å². The van der Waals surface area contributed by atoms with Crippen LogP contribution in [-0.2, 0) is 14.8 Å². The molecule has 31 heavy (non-hydrogen) atoms. The Morgan fingerprint density at radius 1 is 1.16 bits per heavy atom. The Morgan fingerprint density at radius 3 is 2.58 bits per heavy atom. The Morgan fingerprint density at radius 2 is 1.87 bits per heavy atom. The smallest absolute Gasteiger partial charge is 0.263 e. The minimum absolute atomic E-state index is 0.156. The summed E-state index contributed by atoms with van der Waals surface area (Å²) in [5.74, 6) is 0.831. The summed E-state index contributed by atoms with van der Waals surface area (Å²) >= 11 is 0. The fraction of sp³-hybridized carbons (Fsp3) is 0.391. The van der Waals surface area contributed by atoms with E-state index in [1.165, 1.54) is 6.07 Å². The van der Waals surface area contributed by atoms with E-state index in [9.17, 15) is 13.2 Å². The van der Waals surface area contributed by atoms with Crippen LogP contribution in [0.2, 0.25) is 0 Å². The lowest BCUT2D eigenvalue weighted by molar-refractivity contribution is -0.131. The third-order valence-corrected chi connectivity index (χ3v) is 6.55. The van der Waals surface area contributed by atoms with E-state index in [1.54, 1.807) is 30.1 Å². The van der Waals surface area contributed by atoms with Crippen LogP contribution in [0, 0.1) is 6.92 Å². The second-order valence-electron chi connectivity index (χ2n) is 7.66. The van der Waals surface area contributed by atoms with Gasteiger partial charge in [-0.25, -0.2) is 8.42 Å². The molecule has 8 heteroatoms. The minimum Gasteiger partial charge on any atom is -0.492 e. The van der Waals surface area contributed by atoms with Gasteiger partial charge in [0.1, 0.15) is 24.2 Å². The molecule has 1 amide bonds. The molecule has 1 unspecified atom stereocenters. The maximum Gasteiger partial charge on any atom is 0.263 e. The molecular weight excluding hydrogens is 414 g/mol. The maximum absolute atomic E-state index is 13.1. The largest absolute Gasteiger partial charge is 0.492 e. The van der Waals surface area contributed by atoms with E-state index in [0.29, 0.717) is 25.1 Å². The van der Waals surface area contributed by atoms with Gasteiger partial charge in [0.2, 0.25) is 5.91 Å². The van der Waals surface area contributed by atoms with E-state index >= 15 is 0 Å². The van der Waals surface area contributed by atoms with Gasteiger partial charge < -0.3 is 9.64 Å². The lowest BCUT2D eigenvalue weighted by atomic mass is 10.1. The van der Waals surface area contributed by atoms with Crippen molar-refractivity contribution < 1.29 is 17.9 Å². The number of carbonyl (C=O) groups is 1. The van der Waals surface area contributed by atoms with Crippen molar-refractivity contribution in [2.24, 2.45) is 4.99 Å². The summed E-state index contributed by atoms with van der Waals surface area (Å²) in [6.45, 7) is 4.82. The van der Waals surface area contributed by atoms with Gasteiger partial charge in [-0.3, -0.25) is 14.5 Å². The number of fused-ring (bicyclic) bond motifs is 1. The number of ether oxygens (including phenoxy) is 1. The van der Waals surface area contributed by atoms with Gasteiger partial charge >= 0.3 is 0 Å². The van der Waals surface area contributed by atoms with Crippen molar-refractivity contribution in [2.45, 2.75) is 44.0 Å². The lowest BCUT2D eigenvalue weighted by Gasteiger charge is -2.22. The summed E-state index contributed by atoms with van der Waals surface area (Å²) in [7, 11) is -1.93. The van der Waals surface area contributed by atoms with E-state index in [1.807, 2.05) is 38.1 Å². The van der Waals surface area contributed by atoms with Gasteiger partial charge in [-0.05, 0) is 37.6 Å². The minimum atomic E-state index is -3.64. The highest BCUT2D eigenvalue weighted by molar-refractivity contribution is 7.90. The lowest BCUT2D eigenvalue weighted by Crippen LogP contribution is -2.39. The van der Waals surface area contributed by atoms with Gasteiger partial charge in [0.05, 0.1) is 11.4 Å². The molecule has 0 aromatic heterocycles. The van der Waals surface area contributed by atoms with Crippen LogP contribution >= 0.6 is 0 Å². The first-order valence-corrected chi connectivity index (χ1v) is 11.9. The van der Waals surface area contributed by atoms with E-state index in [2.05, 4.69) is 9.71 Å². The average Bonchev–Trinajstić information content (AvgIpc) is 3.02. The molecule has 0 aliphatic carbocycles. The molecule has 0 bridgehead atoms. The van der Waals surface area contributed by atoms with Crippen molar-refractivity contribution >= 4 is 21.8 Å². The second kappa shape index (κ2) is 9.96. The molecule has 2 aromatic rings. The predicted octanol–water partition coefficient (Wildman–Crippen LogP) is 3.13. The molecule has 1 N–H and O–H groups in total. The van der Waals surface area contributed by atoms with E-state index in [4.69, 9.17) is 4.74 Å². The number of sulfonamides is 1. The first-order valence-electron chi connectivity index (χ1n) is 10.5. The van der Waals surface area contributed by atoms with Crippen LogP contribution in [0.5, 0.6) is 5.75 Å². The number of carbonyl (C=O) groups excluding carboxylic acids is 1. The van der Waals surface area contributed by atoms with Gasteiger partial charge in [-0.2, -0.15) is 0 Å². The summed E-state index contributed by atoms with van der Waals surface area (Å²) in [5, 5.41) is 0. The van der Waals surface area contributed by atoms with Crippen LogP contribution in [0.3, 0.4) is 0 Å². The molecule has 0 fully saturated rings. The molecule has 1 aliphatic heterocycles. The van der Waals surface area contributed by atoms with E-state index in [0.717, 1.165) is 24.2 Å². The number of aryl methyl sites for hydroxylation is 1. The zero-order chi connectivity index (χ0) is 22.4. The van der Waals surface area contributed by atoms with Crippen LogP contribution in [-0.4, -0.2) is 51.3 Å². The number of amides is 1. The summed E-state index contributed by atoms with van der Waals surface area (Å²) in [6, 6.07) is 13.8. The summed E-state index contributed by atoms with van der Waals surface area (Å²) in [4.78, 5) is 19.4. The number of hydrogen-bond acceptors (Lipinski definition) is 5. The number of unbranched alkanes of at least 4 members (excludes halogenated alkanes) is 1. The number of hydrogen-bond donors (Lipinski definition) is 1. The fourth-order valence-electron chi connectivity index (χ4n) is 3.33. The first kappa shape index (κ1) is 22.8. The quantitative estimate of drug-likeness (QED) is 0.645. The molecule has 0 saturated carbocycles. The van der Waals surface area contributed by atoms with Crippen LogP contribution < -0.4 is 9.46 Å². The molecule has 0 saturated heterocycles. The Labute approximate surface area is 184 Å². The highest BCUT2D eigenvalue weighted by atomic mass is 32.2. The molecule has 3 rings (SSSR count). The third-order valence-electron chi connectivity index (χ3n) is 5.16. The molecule has 1 aliphatic rings. The van der Waals surface area contributed by atoms with Crippen molar-refractivity contribution in [1.29, 1.82) is 0 Å². The highest BCUT2D eigenvalue weighted by Crippen LogP contribution is 2.23. The van der Waals surface area contributed by atoms with E-state index in [-0.39, 0.29) is 16.6 Å². The molecular formula is C23H29N3O4S. The van der Waals surface area contributed by atoms with Crippen molar-refractivity contribution in [3.63, 3.8) is 0 Å². The summed E-state index contributed by atoms with van der Waals surface area (Å²) in [5.41, 5.74) is 1.66. The van der Waals surface area contributed by atoms with Gasteiger partial charge in [0.15, 0.2) is 0 Å². The zero-order valence-electron chi connectivity index (χ0n) is 18.2. The molecule has 0 spiro atoms. The summed E-state index contributed by atoms with van der Waals surface area (Å²) in [6.07, 6.45) is 2.28. The van der Waals surface area contributed by atoms with Gasteiger partial charge in [-0.15, -0.1) is 0 Å². The Hall–Kier alpha value is -2.87. The Bertz CT molecular complexity index is 1050. The number of benzene rings is 2. The number of likely N-dealkylation sites (N-methyl/N-ethyl adjacent to an activating group) is 1. The monoisotopic (exact) mass is 443 g/mol. The Balaban J connectivity index is 1.70. The molecule has 1 heterocycles. The predicted molar refractivity (Wildman–Crippen MR) is 121 cm³/mol. The van der Waals surface area contributed by atoms with Crippen molar-refractivity contribution in [2.75, 3.05) is 20.2 Å². The number of amidine groups is 1. The molecule has 7 nitrogen and oxygen atoms in total. The number of aliphatic imine (C=N–C) groups is 1. The SMILES string of the molecule is CCCCC(N=C1NS(=O)(=O)c2ccccc21)C(=O)N(C)CCOc1ccc(C)cc1. The standard InChI is InChI=1S/C23H29N3O4S/c1-4-5-9-20(24-22-19-8-6-7-10-21(19)31(28,29)25-22)23(27)26(3)15-16-30-18-13-11-17(2)12-14-18/h6-8,10-14,20H,4-5,9,15-16H2,1-3H3,(H,24,25). The van der Waals surface area contributed by atoms with E-state index < -0.39 is 16.1 Å². The third kappa shape index (κ3) is 5.64. The fourth-order valence-corrected chi connectivity index (χ4v) is 4.56. The van der Waals surface area contributed by atoms with Gasteiger partial charge in [0, 0.05) is 12.6 Å². The summed E-state index contributed by atoms with van der Waals surface area (Å²) < 4.78 is 32.9.